The summed E-state index contributed by atoms with van der Waals surface area (Å²) < 4.78 is 38.1. The first-order valence-corrected chi connectivity index (χ1v) is 11.6. The Morgan fingerprint density at radius 2 is 2.06 bits per heavy atom. The molecule has 0 aliphatic carbocycles. The second kappa shape index (κ2) is 11.5. The molecule has 0 bridgehead atoms. The van der Waals surface area contributed by atoms with Gasteiger partial charge in [0.25, 0.3) is 0 Å². The number of β-amino-alcohol motifs (C(OH)–C–C–N with tert-alkyl or cyclic N) is 1. The molecule has 1 aromatic heterocycles. The van der Waals surface area contributed by atoms with E-state index in [1.807, 2.05) is 42.2 Å². The maximum atomic E-state index is 13.4. The Morgan fingerprint density at radius 3 is 2.83 bits per heavy atom. The van der Waals surface area contributed by atoms with Crippen LogP contribution in [0.3, 0.4) is 0 Å². The van der Waals surface area contributed by atoms with Crippen molar-refractivity contribution >= 4 is 0 Å². The van der Waals surface area contributed by atoms with E-state index in [1.165, 1.54) is 12.1 Å². The molecule has 1 aliphatic heterocycles. The molecule has 1 fully saturated rings. The number of aryl methyl sites for hydroxylation is 1. The highest BCUT2D eigenvalue weighted by Crippen LogP contribution is 2.29. The van der Waals surface area contributed by atoms with Gasteiger partial charge in [0.15, 0.2) is 11.5 Å². The van der Waals surface area contributed by atoms with Gasteiger partial charge in [0.05, 0.1) is 33.1 Å². The van der Waals surface area contributed by atoms with Gasteiger partial charge in [0.2, 0.25) is 0 Å². The maximum Gasteiger partial charge on any atom is 0.161 e. The minimum Gasteiger partial charge on any atom is -0.493 e. The number of nitrogens with zero attached hydrogens (tertiary/aromatic N) is 3. The molecule has 4 rings (SSSR count). The zero-order valence-corrected chi connectivity index (χ0v) is 20.2. The van der Waals surface area contributed by atoms with Crippen molar-refractivity contribution in [3.63, 3.8) is 0 Å². The first-order chi connectivity index (χ1) is 16.9. The van der Waals surface area contributed by atoms with Gasteiger partial charge in [-0.15, -0.1) is 0 Å². The molecule has 1 atom stereocenters. The molecule has 188 valence electrons. The highest BCUT2D eigenvalue weighted by molar-refractivity contribution is 5.43. The summed E-state index contributed by atoms with van der Waals surface area (Å²) in [5, 5.41) is 15.4. The lowest BCUT2D eigenvalue weighted by molar-refractivity contribution is -0.0647. The molecule has 0 unspecified atom stereocenters. The molecular weight excluding hydrogens is 453 g/mol. The minimum absolute atomic E-state index is 0.00116. The third-order valence-electron chi connectivity index (χ3n) is 5.72. The van der Waals surface area contributed by atoms with Crippen LogP contribution in [0.15, 0.2) is 54.9 Å². The molecule has 2 aromatic carbocycles. The smallest absolute Gasteiger partial charge is 0.161 e. The molecule has 0 radical (unpaired) electrons. The first kappa shape index (κ1) is 25.0. The molecule has 0 saturated carbocycles. The van der Waals surface area contributed by atoms with Crippen LogP contribution in [0.4, 0.5) is 4.39 Å². The number of methoxy groups -OCH3 is 1. The Balaban J connectivity index is 1.35. The lowest BCUT2D eigenvalue weighted by atomic mass is 10.1. The van der Waals surface area contributed by atoms with Crippen molar-refractivity contribution in [1.29, 1.82) is 0 Å². The van der Waals surface area contributed by atoms with Gasteiger partial charge >= 0.3 is 0 Å². The monoisotopic (exact) mass is 485 g/mol. The topological polar surface area (TPSA) is 78.2 Å². The Kier molecular flexibility index (Phi) is 8.22. The summed E-state index contributed by atoms with van der Waals surface area (Å²) in [6.07, 6.45) is 3.79. The summed E-state index contributed by atoms with van der Waals surface area (Å²) in [7, 11) is 1.62. The van der Waals surface area contributed by atoms with Crippen LogP contribution in [0.25, 0.3) is 0 Å². The summed E-state index contributed by atoms with van der Waals surface area (Å²) in [5.74, 6) is 1.30. The summed E-state index contributed by atoms with van der Waals surface area (Å²) in [6, 6.07) is 11.7. The van der Waals surface area contributed by atoms with Crippen LogP contribution in [0, 0.1) is 12.7 Å². The molecule has 1 saturated heterocycles. The van der Waals surface area contributed by atoms with Crippen LogP contribution in [-0.2, 0) is 17.8 Å². The van der Waals surface area contributed by atoms with E-state index in [-0.39, 0.29) is 19.0 Å². The standard InChI is InChI=1S/C26H32FN3O5/c1-20-14-28-30(15-20)9-11-34-24-7-6-21(12-25(24)32-2)16-29-8-10-33-18-26(31,17-29)19-35-23-5-3-4-22(27)13-23/h3-7,12-15,31H,8-11,16-19H2,1-2H3/t26-/m0/s1. The van der Waals surface area contributed by atoms with Crippen molar-refractivity contribution in [1.82, 2.24) is 14.7 Å². The molecule has 3 aromatic rings. The lowest BCUT2D eigenvalue weighted by Gasteiger charge is -2.30. The molecular formula is C26H32FN3O5. The number of ether oxygens (including phenoxy) is 4. The SMILES string of the molecule is COc1cc(CN2CCOC[C@](O)(COc3cccc(F)c3)C2)ccc1OCCn1cc(C)cn1. The van der Waals surface area contributed by atoms with Crippen LogP contribution in [0.2, 0.25) is 0 Å². The Labute approximate surface area is 204 Å². The van der Waals surface area contributed by atoms with Gasteiger partial charge in [-0.1, -0.05) is 12.1 Å². The average Bonchev–Trinajstić information content (AvgIpc) is 3.16. The van der Waals surface area contributed by atoms with E-state index in [1.54, 1.807) is 19.2 Å². The summed E-state index contributed by atoms with van der Waals surface area (Å²) >= 11 is 0. The van der Waals surface area contributed by atoms with Gasteiger partial charge in [0, 0.05) is 31.9 Å². The molecule has 1 aliphatic rings. The minimum atomic E-state index is -1.22. The third kappa shape index (κ3) is 7.17. The Hall–Kier alpha value is -3.14. The van der Waals surface area contributed by atoms with Gasteiger partial charge in [-0.25, -0.2) is 4.39 Å². The molecule has 8 nitrogen and oxygen atoms in total. The second-order valence-corrected chi connectivity index (χ2v) is 8.85. The van der Waals surface area contributed by atoms with Crippen molar-refractivity contribution in [3.05, 3.63) is 71.8 Å². The number of benzene rings is 2. The zero-order chi connectivity index (χ0) is 24.7. The summed E-state index contributed by atoms with van der Waals surface area (Å²) in [5.41, 5.74) is 0.909. The van der Waals surface area contributed by atoms with Crippen molar-refractivity contribution in [2.75, 3.05) is 46.6 Å². The molecule has 9 heteroatoms. The number of hydrogen-bond donors (Lipinski definition) is 1. The maximum absolute atomic E-state index is 13.4. The van der Waals surface area contributed by atoms with E-state index in [4.69, 9.17) is 18.9 Å². The summed E-state index contributed by atoms with van der Waals surface area (Å²) in [4.78, 5) is 2.11. The molecule has 0 amide bonds. The van der Waals surface area contributed by atoms with Crippen LogP contribution < -0.4 is 14.2 Å². The number of rotatable bonds is 10. The van der Waals surface area contributed by atoms with Crippen LogP contribution in [0.1, 0.15) is 11.1 Å². The first-order valence-electron chi connectivity index (χ1n) is 11.6. The summed E-state index contributed by atoms with van der Waals surface area (Å²) in [6.45, 7) is 5.35. The highest BCUT2D eigenvalue weighted by atomic mass is 19.1. The normalized spacial score (nSPS) is 18.7. The van der Waals surface area contributed by atoms with Crippen LogP contribution >= 0.6 is 0 Å². The Morgan fingerprint density at radius 1 is 1.17 bits per heavy atom. The van der Waals surface area contributed by atoms with Gasteiger partial charge in [-0.2, -0.15) is 5.10 Å². The van der Waals surface area contributed by atoms with Gasteiger partial charge in [-0.3, -0.25) is 9.58 Å². The number of hydrogen-bond acceptors (Lipinski definition) is 7. The quantitative estimate of drug-likeness (QED) is 0.473. The zero-order valence-electron chi connectivity index (χ0n) is 20.2. The van der Waals surface area contributed by atoms with E-state index in [0.29, 0.717) is 56.6 Å². The fourth-order valence-electron chi connectivity index (χ4n) is 4.02. The number of aliphatic hydroxyl groups is 1. The van der Waals surface area contributed by atoms with Gasteiger partial charge < -0.3 is 24.1 Å². The third-order valence-corrected chi connectivity index (χ3v) is 5.72. The van der Waals surface area contributed by atoms with Crippen molar-refractivity contribution in [3.8, 4) is 17.2 Å². The number of aromatic nitrogens is 2. The fourth-order valence-corrected chi connectivity index (χ4v) is 4.02. The number of halogens is 1. The van der Waals surface area contributed by atoms with E-state index >= 15 is 0 Å². The van der Waals surface area contributed by atoms with Crippen LogP contribution in [0.5, 0.6) is 17.2 Å². The largest absolute Gasteiger partial charge is 0.493 e. The molecule has 2 heterocycles. The predicted molar refractivity (Wildman–Crippen MR) is 128 cm³/mol. The average molecular weight is 486 g/mol. The predicted octanol–water partition coefficient (Wildman–Crippen LogP) is 3.06. The lowest BCUT2D eigenvalue weighted by Crippen LogP contribution is -2.48. The molecule has 1 N–H and O–H groups in total. The van der Waals surface area contributed by atoms with Crippen molar-refractivity contribution in [2.24, 2.45) is 0 Å². The van der Waals surface area contributed by atoms with Crippen molar-refractivity contribution in [2.45, 2.75) is 25.6 Å². The van der Waals surface area contributed by atoms with Gasteiger partial charge in [-0.05, 0) is 42.3 Å². The van der Waals surface area contributed by atoms with E-state index in [2.05, 4.69) is 10.00 Å². The van der Waals surface area contributed by atoms with E-state index in [9.17, 15) is 9.50 Å². The Bertz CT molecular complexity index is 1110. The van der Waals surface area contributed by atoms with Crippen molar-refractivity contribution < 1.29 is 28.4 Å². The van der Waals surface area contributed by atoms with E-state index in [0.717, 1.165) is 11.1 Å². The highest BCUT2D eigenvalue weighted by Gasteiger charge is 2.33. The van der Waals surface area contributed by atoms with Crippen LogP contribution in [-0.4, -0.2) is 72.0 Å². The second-order valence-electron chi connectivity index (χ2n) is 8.85. The van der Waals surface area contributed by atoms with Gasteiger partial charge in [0.1, 0.15) is 30.4 Å². The fraction of sp³-hybridized carbons (Fsp3) is 0.423. The molecule has 35 heavy (non-hydrogen) atoms. The van der Waals surface area contributed by atoms with E-state index < -0.39 is 5.60 Å². The molecule has 0 spiro atoms.